The van der Waals surface area contributed by atoms with E-state index in [0.29, 0.717) is 0 Å². The third-order valence-electron chi connectivity index (χ3n) is 6.51. The smallest absolute Gasteiger partial charge is 0.125 e. The third kappa shape index (κ3) is 4.13. The zero-order chi connectivity index (χ0) is 22.2. The summed E-state index contributed by atoms with van der Waals surface area (Å²) in [6.07, 6.45) is 3.88. The Morgan fingerprint density at radius 3 is 2.70 bits per heavy atom. The standard InChI is InChI=1S/C27H27N5S/c1-31-12-14-32(15-13-31)18-19-4-2-5-20(16-19)26-17-22-25(9-11-29-27(22)33-26)30-24-7-3-6-23-21(24)8-10-28-23/h2-11,16-17,28H,12-15,18H2,1H3,(H,29,30). The van der Waals surface area contributed by atoms with Crippen LogP contribution in [0.5, 0.6) is 0 Å². The highest BCUT2D eigenvalue weighted by Crippen LogP contribution is 2.38. The van der Waals surface area contributed by atoms with Crippen molar-refractivity contribution in [1.29, 1.82) is 0 Å². The van der Waals surface area contributed by atoms with Gasteiger partial charge in [0, 0.05) is 72.0 Å². The van der Waals surface area contributed by atoms with E-state index in [9.17, 15) is 0 Å². The molecule has 6 rings (SSSR count). The van der Waals surface area contributed by atoms with E-state index in [-0.39, 0.29) is 0 Å². The summed E-state index contributed by atoms with van der Waals surface area (Å²) >= 11 is 1.76. The second kappa shape index (κ2) is 8.63. The highest BCUT2D eigenvalue weighted by molar-refractivity contribution is 7.21. The van der Waals surface area contributed by atoms with Crippen LogP contribution in [-0.2, 0) is 6.54 Å². The van der Waals surface area contributed by atoms with Gasteiger partial charge in [0.25, 0.3) is 0 Å². The van der Waals surface area contributed by atoms with Crippen molar-refractivity contribution in [2.24, 2.45) is 0 Å². The van der Waals surface area contributed by atoms with Crippen molar-refractivity contribution in [2.75, 3.05) is 38.5 Å². The lowest BCUT2D eigenvalue weighted by Crippen LogP contribution is -2.43. The number of nitrogens with one attached hydrogen (secondary N) is 2. The molecule has 5 nitrogen and oxygen atoms in total. The van der Waals surface area contributed by atoms with Crippen molar-refractivity contribution in [2.45, 2.75) is 6.54 Å². The van der Waals surface area contributed by atoms with Gasteiger partial charge in [0.15, 0.2) is 0 Å². The monoisotopic (exact) mass is 453 g/mol. The molecule has 33 heavy (non-hydrogen) atoms. The number of anilines is 2. The molecule has 1 fully saturated rings. The topological polar surface area (TPSA) is 47.2 Å². The van der Waals surface area contributed by atoms with Gasteiger partial charge < -0.3 is 15.2 Å². The molecule has 0 atom stereocenters. The molecule has 0 radical (unpaired) electrons. The van der Waals surface area contributed by atoms with Crippen LogP contribution in [0.25, 0.3) is 31.6 Å². The van der Waals surface area contributed by atoms with Crippen molar-refractivity contribution >= 4 is 43.8 Å². The van der Waals surface area contributed by atoms with E-state index in [4.69, 9.17) is 0 Å². The summed E-state index contributed by atoms with van der Waals surface area (Å²) in [4.78, 5) is 15.2. The molecule has 6 heteroatoms. The van der Waals surface area contributed by atoms with Gasteiger partial charge in [-0.1, -0.05) is 24.3 Å². The Morgan fingerprint density at radius 2 is 1.79 bits per heavy atom. The van der Waals surface area contributed by atoms with E-state index in [1.165, 1.54) is 21.4 Å². The fourth-order valence-electron chi connectivity index (χ4n) is 4.62. The molecule has 1 aliphatic heterocycles. The predicted octanol–water partition coefficient (Wildman–Crippen LogP) is 5.94. The Balaban J connectivity index is 1.29. The first-order chi connectivity index (χ1) is 16.2. The molecule has 0 unspecified atom stereocenters. The van der Waals surface area contributed by atoms with Crippen LogP contribution in [0.4, 0.5) is 11.4 Å². The predicted molar refractivity (Wildman–Crippen MR) is 139 cm³/mol. The van der Waals surface area contributed by atoms with Gasteiger partial charge in [0.05, 0.1) is 5.69 Å². The molecule has 4 heterocycles. The molecule has 1 aliphatic rings. The first kappa shape index (κ1) is 20.4. The highest BCUT2D eigenvalue weighted by atomic mass is 32.1. The summed E-state index contributed by atoms with van der Waals surface area (Å²) in [6.45, 7) is 5.58. The third-order valence-corrected chi connectivity index (χ3v) is 7.61. The van der Waals surface area contributed by atoms with Gasteiger partial charge in [0.2, 0.25) is 0 Å². The van der Waals surface area contributed by atoms with Crippen LogP contribution in [0.3, 0.4) is 0 Å². The molecule has 2 N–H and O–H groups in total. The fraction of sp³-hybridized carbons (Fsp3) is 0.222. The summed E-state index contributed by atoms with van der Waals surface area (Å²) < 4.78 is 0. The number of piperazine rings is 1. The van der Waals surface area contributed by atoms with Gasteiger partial charge in [-0.3, -0.25) is 4.90 Å². The van der Waals surface area contributed by atoms with Gasteiger partial charge in [0.1, 0.15) is 4.83 Å². The first-order valence-corrected chi connectivity index (χ1v) is 12.3. The Bertz CT molecular complexity index is 1410. The first-order valence-electron chi connectivity index (χ1n) is 11.4. The van der Waals surface area contributed by atoms with Crippen LogP contribution < -0.4 is 5.32 Å². The van der Waals surface area contributed by atoms with Crippen LogP contribution in [0, 0.1) is 0 Å². The van der Waals surface area contributed by atoms with Crippen molar-refractivity contribution in [1.82, 2.24) is 19.8 Å². The molecule has 3 aromatic heterocycles. The summed E-state index contributed by atoms with van der Waals surface area (Å²) in [5.74, 6) is 0. The Kier molecular flexibility index (Phi) is 5.34. The lowest BCUT2D eigenvalue weighted by molar-refractivity contribution is 0.148. The SMILES string of the molecule is CN1CCN(Cc2cccc(-c3cc4c(Nc5cccc6[nH]ccc56)ccnc4s3)c2)CC1. The minimum Gasteiger partial charge on any atom is -0.361 e. The minimum absolute atomic E-state index is 1.01. The molecule has 0 aliphatic carbocycles. The number of aromatic amines is 1. The lowest BCUT2D eigenvalue weighted by atomic mass is 10.1. The molecule has 0 saturated carbocycles. The number of benzene rings is 2. The average molecular weight is 454 g/mol. The van der Waals surface area contributed by atoms with E-state index >= 15 is 0 Å². The molecular formula is C27H27N5S. The number of rotatable bonds is 5. The largest absolute Gasteiger partial charge is 0.361 e. The lowest BCUT2D eigenvalue weighted by Gasteiger charge is -2.32. The fourth-order valence-corrected chi connectivity index (χ4v) is 5.64. The Morgan fingerprint density at radius 1 is 0.939 bits per heavy atom. The molecular weight excluding hydrogens is 426 g/mol. The summed E-state index contributed by atoms with van der Waals surface area (Å²) in [5, 5.41) is 6.00. The van der Waals surface area contributed by atoms with E-state index in [1.807, 2.05) is 12.4 Å². The van der Waals surface area contributed by atoms with E-state index in [0.717, 1.165) is 59.8 Å². The maximum absolute atomic E-state index is 4.66. The molecule has 5 aromatic rings. The zero-order valence-electron chi connectivity index (χ0n) is 18.7. The molecule has 2 aromatic carbocycles. The number of fused-ring (bicyclic) bond motifs is 2. The van der Waals surface area contributed by atoms with Crippen molar-refractivity contribution in [3.05, 3.63) is 78.6 Å². The van der Waals surface area contributed by atoms with Crippen LogP contribution >= 0.6 is 11.3 Å². The Labute approximate surface area is 197 Å². The number of hydrogen-bond acceptors (Lipinski definition) is 5. The number of hydrogen-bond donors (Lipinski definition) is 2. The van der Waals surface area contributed by atoms with Crippen molar-refractivity contribution in [3.8, 4) is 10.4 Å². The average Bonchev–Trinajstić information content (AvgIpc) is 3.49. The Hall–Kier alpha value is -3.19. The molecule has 0 bridgehead atoms. The van der Waals surface area contributed by atoms with E-state index < -0.39 is 0 Å². The van der Waals surface area contributed by atoms with Crippen molar-refractivity contribution < 1.29 is 0 Å². The molecule has 1 saturated heterocycles. The van der Waals surface area contributed by atoms with Crippen LogP contribution in [-0.4, -0.2) is 53.0 Å². The number of likely N-dealkylation sites (N-methyl/N-ethyl adjacent to an activating group) is 1. The number of pyridine rings is 1. The van der Waals surface area contributed by atoms with Gasteiger partial charge in [-0.2, -0.15) is 0 Å². The molecule has 0 spiro atoms. The maximum atomic E-state index is 4.66. The van der Waals surface area contributed by atoms with Crippen molar-refractivity contribution in [3.63, 3.8) is 0 Å². The van der Waals surface area contributed by atoms with Gasteiger partial charge in [-0.15, -0.1) is 11.3 Å². The number of thiophene rings is 1. The van der Waals surface area contributed by atoms with Gasteiger partial charge in [-0.25, -0.2) is 4.98 Å². The number of aromatic nitrogens is 2. The van der Waals surface area contributed by atoms with Crippen LogP contribution in [0.15, 0.2) is 73.1 Å². The summed E-state index contributed by atoms with van der Waals surface area (Å²) in [7, 11) is 2.20. The normalized spacial score (nSPS) is 15.4. The van der Waals surface area contributed by atoms with E-state index in [2.05, 4.69) is 92.8 Å². The number of nitrogens with zero attached hydrogens (tertiary/aromatic N) is 3. The quantitative estimate of drug-likeness (QED) is 0.346. The van der Waals surface area contributed by atoms with Gasteiger partial charge >= 0.3 is 0 Å². The maximum Gasteiger partial charge on any atom is 0.125 e. The summed E-state index contributed by atoms with van der Waals surface area (Å²) in [5.41, 5.74) is 5.96. The van der Waals surface area contributed by atoms with Crippen LogP contribution in [0.2, 0.25) is 0 Å². The second-order valence-electron chi connectivity index (χ2n) is 8.84. The zero-order valence-corrected chi connectivity index (χ0v) is 19.5. The van der Waals surface area contributed by atoms with E-state index in [1.54, 1.807) is 11.3 Å². The number of H-pyrrole nitrogens is 1. The molecule has 0 amide bonds. The molecule has 166 valence electrons. The summed E-state index contributed by atoms with van der Waals surface area (Å²) in [6, 6.07) is 21.7. The highest BCUT2D eigenvalue weighted by Gasteiger charge is 2.15. The van der Waals surface area contributed by atoms with Crippen LogP contribution in [0.1, 0.15) is 5.56 Å². The second-order valence-corrected chi connectivity index (χ2v) is 9.87. The minimum atomic E-state index is 1.01. The van der Waals surface area contributed by atoms with Gasteiger partial charge in [-0.05, 0) is 54.6 Å².